The number of halogens is 1. The summed E-state index contributed by atoms with van der Waals surface area (Å²) in [6.45, 7) is 2.04. The summed E-state index contributed by atoms with van der Waals surface area (Å²) in [5.74, 6) is 0.188. The third kappa shape index (κ3) is 3.83. The highest BCUT2D eigenvalue weighted by atomic mass is 35.5. The van der Waals surface area contributed by atoms with Gasteiger partial charge in [0.2, 0.25) is 5.91 Å². The van der Waals surface area contributed by atoms with E-state index in [1.54, 1.807) is 0 Å². The molecule has 0 aliphatic carbocycles. The number of carbonyl (C=O) groups is 2. The average molecular weight is 260 g/mol. The second-order valence-electron chi connectivity index (χ2n) is 3.41. The minimum absolute atomic E-state index is 0.0420. The van der Waals surface area contributed by atoms with E-state index in [1.165, 1.54) is 17.9 Å². The van der Waals surface area contributed by atoms with Crippen LogP contribution in [-0.4, -0.2) is 27.8 Å². The van der Waals surface area contributed by atoms with E-state index in [4.69, 9.17) is 16.3 Å². The van der Waals surface area contributed by atoms with Gasteiger partial charge < -0.3 is 14.6 Å². The molecule has 0 saturated carbocycles. The summed E-state index contributed by atoms with van der Waals surface area (Å²) in [7, 11) is 1.48. The van der Waals surface area contributed by atoms with Gasteiger partial charge in [-0.05, 0) is 18.0 Å². The maximum Gasteiger partial charge on any atom is 0.288 e. The Morgan fingerprint density at radius 2 is 2.29 bits per heavy atom. The molecule has 0 aliphatic rings. The molecule has 0 unspecified atom stereocenters. The van der Waals surface area contributed by atoms with Gasteiger partial charge in [0.05, 0.1) is 6.20 Å². The number of imidazole rings is 1. The molecule has 0 fully saturated rings. The van der Waals surface area contributed by atoms with Crippen LogP contribution in [0.15, 0.2) is 6.20 Å². The van der Waals surface area contributed by atoms with Gasteiger partial charge in [-0.15, -0.1) is 0 Å². The van der Waals surface area contributed by atoms with E-state index < -0.39 is 5.24 Å². The molecular weight excluding hydrogens is 246 g/mol. The second kappa shape index (κ2) is 6.36. The van der Waals surface area contributed by atoms with E-state index in [-0.39, 0.29) is 18.5 Å². The summed E-state index contributed by atoms with van der Waals surface area (Å²) in [4.78, 5) is 26.4. The number of hydrogen-bond acceptors (Lipinski definition) is 4. The summed E-state index contributed by atoms with van der Waals surface area (Å²) in [6.07, 6.45) is 2.65. The van der Waals surface area contributed by atoms with Crippen molar-refractivity contribution >= 4 is 28.6 Å². The van der Waals surface area contributed by atoms with Gasteiger partial charge in [0.15, 0.2) is 11.6 Å². The molecule has 1 heterocycles. The lowest BCUT2D eigenvalue weighted by molar-refractivity contribution is -0.116. The van der Waals surface area contributed by atoms with Crippen LogP contribution < -0.4 is 5.32 Å². The van der Waals surface area contributed by atoms with E-state index >= 15 is 0 Å². The zero-order valence-electron chi connectivity index (χ0n) is 9.70. The van der Waals surface area contributed by atoms with Crippen LogP contribution in [0, 0.1) is 0 Å². The average Bonchev–Trinajstić information content (AvgIpc) is 2.62. The van der Waals surface area contributed by atoms with Crippen molar-refractivity contribution in [3.63, 3.8) is 0 Å². The Morgan fingerprint density at radius 1 is 1.59 bits per heavy atom. The van der Waals surface area contributed by atoms with Crippen LogP contribution in [0.2, 0.25) is 0 Å². The van der Waals surface area contributed by atoms with Crippen LogP contribution in [0.4, 0.5) is 5.82 Å². The van der Waals surface area contributed by atoms with Crippen molar-refractivity contribution in [1.29, 1.82) is 0 Å². The standard InChI is InChI=1S/C10H14ClN3O3/c1-3-4-8(15)12-7-5-14(6-17-2)10(13-7)9(11)16/h5H,3-4,6H2,1-2H3,(H,12,15). The highest BCUT2D eigenvalue weighted by Crippen LogP contribution is 2.11. The molecule has 0 radical (unpaired) electrons. The number of ether oxygens (including phenoxy) is 1. The van der Waals surface area contributed by atoms with Crippen LogP contribution in [0.5, 0.6) is 0 Å². The van der Waals surface area contributed by atoms with Crippen LogP contribution in [0.1, 0.15) is 30.4 Å². The lowest BCUT2D eigenvalue weighted by Gasteiger charge is -2.01. The molecule has 0 saturated heterocycles. The van der Waals surface area contributed by atoms with E-state index in [9.17, 15) is 9.59 Å². The maximum absolute atomic E-state index is 11.4. The summed E-state index contributed by atoms with van der Waals surface area (Å²) in [5, 5.41) is 1.88. The number of anilines is 1. The SMILES string of the molecule is CCCC(=O)Nc1cn(COC)c(C(=O)Cl)n1. The predicted octanol–water partition coefficient (Wildman–Crippen LogP) is 1.60. The molecule has 1 rings (SSSR count). The number of methoxy groups -OCH3 is 1. The van der Waals surface area contributed by atoms with Gasteiger partial charge in [-0.1, -0.05) is 6.92 Å². The molecule has 7 heteroatoms. The van der Waals surface area contributed by atoms with Gasteiger partial charge in [-0.25, -0.2) is 4.98 Å². The van der Waals surface area contributed by atoms with Gasteiger partial charge >= 0.3 is 0 Å². The van der Waals surface area contributed by atoms with E-state index in [2.05, 4.69) is 10.3 Å². The number of aromatic nitrogens is 2. The van der Waals surface area contributed by atoms with Crippen molar-refractivity contribution in [2.75, 3.05) is 12.4 Å². The van der Waals surface area contributed by atoms with Crippen LogP contribution in [0.3, 0.4) is 0 Å². The monoisotopic (exact) mass is 259 g/mol. The summed E-state index contributed by atoms with van der Waals surface area (Å²) < 4.78 is 6.31. The van der Waals surface area contributed by atoms with Gasteiger partial charge in [0.25, 0.3) is 5.24 Å². The Bertz CT molecular complexity index is 417. The van der Waals surface area contributed by atoms with Crippen LogP contribution in [-0.2, 0) is 16.3 Å². The van der Waals surface area contributed by atoms with Crippen molar-refractivity contribution in [3.8, 4) is 0 Å². The Labute approximate surface area is 104 Å². The first-order chi connectivity index (χ1) is 8.08. The quantitative estimate of drug-likeness (QED) is 0.788. The Balaban J connectivity index is 2.84. The maximum atomic E-state index is 11.4. The van der Waals surface area contributed by atoms with Crippen LogP contribution in [0.25, 0.3) is 0 Å². The van der Waals surface area contributed by atoms with Gasteiger partial charge in [0, 0.05) is 13.5 Å². The minimum Gasteiger partial charge on any atom is -0.364 e. The van der Waals surface area contributed by atoms with E-state index in [1.807, 2.05) is 6.92 Å². The minimum atomic E-state index is -0.696. The molecular formula is C10H14ClN3O3. The molecule has 0 spiro atoms. The van der Waals surface area contributed by atoms with Gasteiger partial charge in [0.1, 0.15) is 6.73 Å². The largest absolute Gasteiger partial charge is 0.364 e. The molecule has 0 aromatic carbocycles. The fourth-order valence-corrected chi connectivity index (χ4v) is 1.45. The Hall–Kier alpha value is -1.40. The van der Waals surface area contributed by atoms with Crippen molar-refractivity contribution in [2.45, 2.75) is 26.5 Å². The first-order valence-electron chi connectivity index (χ1n) is 5.14. The van der Waals surface area contributed by atoms with E-state index in [0.717, 1.165) is 6.42 Å². The fourth-order valence-electron chi connectivity index (χ4n) is 1.30. The summed E-state index contributed by atoms with van der Waals surface area (Å²) in [6, 6.07) is 0. The normalized spacial score (nSPS) is 10.3. The van der Waals surface area contributed by atoms with E-state index in [0.29, 0.717) is 12.2 Å². The number of nitrogens with zero attached hydrogens (tertiary/aromatic N) is 2. The van der Waals surface area contributed by atoms with Gasteiger partial charge in [-0.2, -0.15) is 0 Å². The molecule has 1 N–H and O–H groups in total. The lowest BCUT2D eigenvalue weighted by atomic mass is 10.3. The second-order valence-corrected chi connectivity index (χ2v) is 3.75. The zero-order valence-corrected chi connectivity index (χ0v) is 10.5. The molecule has 94 valence electrons. The molecule has 0 aliphatic heterocycles. The first kappa shape index (κ1) is 13.7. The third-order valence-corrected chi connectivity index (χ3v) is 2.13. The highest BCUT2D eigenvalue weighted by molar-refractivity contribution is 6.67. The van der Waals surface area contributed by atoms with Crippen molar-refractivity contribution in [1.82, 2.24) is 9.55 Å². The topological polar surface area (TPSA) is 73.2 Å². The number of nitrogens with one attached hydrogen (secondary N) is 1. The highest BCUT2D eigenvalue weighted by Gasteiger charge is 2.14. The number of hydrogen-bond donors (Lipinski definition) is 1. The third-order valence-electron chi connectivity index (χ3n) is 1.97. The lowest BCUT2D eigenvalue weighted by Crippen LogP contribution is -2.10. The smallest absolute Gasteiger partial charge is 0.288 e. The molecule has 1 aromatic heterocycles. The number of amides is 1. The fraction of sp³-hybridized carbons (Fsp3) is 0.500. The van der Waals surface area contributed by atoms with Crippen molar-refractivity contribution in [3.05, 3.63) is 12.0 Å². The molecule has 0 bridgehead atoms. The number of rotatable bonds is 6. The summed E-state index contributed by atoms with van der Waals surface area (Å²) in [5.41, 5.74) is 0. The molecule has 6 nitrogen and oxygen atoms in total. The Morgan fingerprint density at radius 3 is 2.82 bits per heavy atom. The predicted molar refractivity (Wildman–Crippen MR) is 63.0 cm³/mol. The Kier molecular flexibility index (Phi) is 5.11. The van der Waals surface area contributed by atoms with Gasteiger partial charge in [-0.3, -0.25) is 9.59 Å². The van der Waals surface area contributed by atoms with Crippen molar-refractivity contribution in [2.24, 2.45) is 0 Å². The van der Waals surface area contributed by atoms with Crippen LogP contribution >= 0.6 is 11.6 Å². The zero-order chi connectivity index (χ0) is 12.8. The summed E-state index contributed by atoms with van der Waals surface area (Å²) >= 11 is 5.36. The first-order valence-corrected chi connectivity index (χ1v) is 5.52. The molecule has 1 aromatic rings. The molecule has 0 atom stereocenters. The number of carbonyl (C=O) groups excluding carboxylic acids is 2. The van der Waals surface area contributed by atoms with Crippen molar-refractivity contribution < 1.29 is 14.3 Å². The molecule has 17 heavy (non-hydrogen) atoms. The molecule has 1 amide bonds.